The van der Waals surface area contributed by atoms with E-state index in [0.717, 1.165) is 11.8 Å². The van der Waals surface area contributed by atoms with Crippen LogP contribution in [0.25, 0.3) is 0 Å². The molecule has 8 nitrogen and oxygen atoms in total. The summed E-state index contributed by atoms with van der Waals surface area (Å²) in [5.74, 6) is 0.114. The van der Waals surface area contributed by atoms with Crippen LogP contribution in [0.15, 0.2) is 48.5 Å². The van der Waals surface area contributed by atoms with Gasteiger partial charge < -0.3 is 15.0 Å². The number of hydrogen-bond acceptors (Lipinski definition) is 5. The maximum atomic E-state index is 13.1. The molecule has 1 N–H and O–H groups in total. The van der Waals surface area contributed by atoms with E-state index < -0.39 is 16.1 Å². The number of rotatable bonds is 11. The quantitative estimate of drug-likeness (QED) is 0.517. The van der Waals surface area contributed by atoms with Gasteiger partial charge in [-0.05, 0) is 55.3 Å². The number of nitrogens with one attached hydrogen (secondary N) is 1. The summed E-state index contributed by atoms with van der Waals surface area (Å²) >= 11 is 5.91. The average molecular weight is 496 g/mol. The largest absolute Gasteiger partial charge is 0.497 e. The summed E-state index contributed by atoms with van der Waals surface area (Å²) in [6.45, 7) is 2.00. The zero-order valence-corrected chi connectivity index (χ0v) is 20.8. The van der Waals surface area contributed by atoms with E-state index in [1.54, 1.807) is 44.4 Å². The van der Waals surface area contributed by atoms with Crippen LogP contribution >= 0.6 is 11.6 Å². The second-order valence-electron chi connectivity index (χ2n) is 7.58. The van der Waals surface area contributed by atoms with Crippen molar-refractivity contribution in [2.45, 2.75) is 32.4 Å². The molecule has 0 aliphatic carbocycles. The Hall–Kier alpha value is -2.78. The van der Waals surface area contributed by atoms with Gasteiger partial charge in [-0.15, -0.1) is 0 Å². The zero-order chi connectivity index (χ0) is 24.6. The molecule has 0 bridgehead atoms. The molecule has 0 saturated heterocycles. The highest BCUT2D eigenvalue weighted by molar-refractivity contribution is 7.92. The number of amides is 2. The molecule has 0 aliphatic rings. The van der Waals surface area contributed by atoms with E-state index in [-0.39, 0.29) is 37.7 Å². The first-order valence-corrected chi connectivity index (χ1v) is 12.7. The summed E-state index contributed by atoms with van der Waals surface area (Å²) in [4.78, 5) is 26.9. The number of nitrogens with zero attached hydrogens (tertiary/aromatic N) is 2. The third-order valence-electron chi connectivity index (χ3n) is 5.17. The predicted molar refractivity (Wildman–Crippen MR) is 130 cm³/mol. The Morgan fingerprint density at radius 3 is 2.39 bits per heavy atom. The topological polar surface area (TPSA) is 96.0 Å². The number of benzene rings is 2. The fourth-order valence-electron chi connectivity index (χ4n) is 3.37. The van der Waals surface area contributed by atoms with Gasteiger partial charge in [0.05, 0.1) is 19.1 Å². The molecule has 2 rings (SSSR count). The number of anilines is 1. The monoisotopic (exact) mass is 495 g/mol. The highest BCUT2D eigenvalue weighted by Gasteiger charge is 2.26. The van der Waals surface area contributed by atoms with Gasteiger partial charge in [-0.3, -0.25) is 13.9 Å². The Labute approximate surface area is 200 Å². The molecule has 10 heteroatoms. The molecule has 0 unspecified atom stereocenters. The lowest BCUT2D eigenvalue weighted by Crippen LogP contribution is -2.46. The van der Waals surface area contributed by atoms with Crippen LogP contribution in [0.3, 0.4) is 0 Å². The highest BCUT2D eigenvalue weighted by atomic mass is 35.5. The normalized spacial score (nSPS) is 12.0. The van der Waals surface area contributed by atoms with Crippen LogP contribution in [0.5, 0.6) is 5.75 Å². The highest BCUT2D eigenvalue weighted by Crippen LogP contribution is 2.22. The van der Waals surface area contributed by atoms with Gasteiger partial charge in [0.1, 0.15) is 11.8 Å². The summed E-state index contributed by atoms with van der Waals surface area (Å²) in [5, 5.41) is 3.07. The minimum atomic E-state index is -3.55. The van der Waals surface area contributed by atoms with Crippen LogP contribution in [0.4, 0.5) is 5.69 Å². The number of halogens is 1. The van der Waals surface area contributed by atoms with Gasteiger partial charge in [0.15, 0.2) is 0 Å². The summed E-state index contributed by atoms with van der Waals surface area (Å²) in [7, 11) is -0.476. The molecule has 0 fully saturated rings. The molecule has 0 heterocycles. The number of carbonyl (C=O) groups excluding carboxylic acids is 2. The maximum absolute atomic E-state index is 13.1. The third-order valence-corrected chi connectivity index (χ3v) is 6.61. The molecule has 2 aromatic rings. The van der Waals surface area contributed by atoms with Crippen LogP contribution in [0.1, 0.15) is 25.3 Å². The maximum Gasteiger partial charge on any atom is 0.242 e. The van der Waals surface area contributed by atoms with E-state index in [2.05, 4.69) is 5.32 Å². The van der Waals surface area contributed by atoms with Crippen molar-refractivity contribution >= 4 is 39.1 Å². The lowest BCUT2D eigenvalue weighted by atomic mass is 10.1. The SMILES string of the molecule is CNC(=O)[C@H](C)N(Cc1cccc(OC)c1)C(=O)CCCN(c1ccc(Cl)cc1)S(C)(=O)=O. The first-order chi connectivity index (χ1) is 15.6. The van der Waals surface area contributed by atoms with Crippen molar-refractivity contribution in [3.05, 3.63) is 59.1 Å². The summed E-state index contributed by atoms with van der Waals surface area (Å²) in [6.07, 6.45) is 1.47. The fraction of sp³-hybridized carbons (Fsp3) is 0.391. The standard InChI is InChI=1S/C23H30ClN3O5S/c1-17(23(29)25-2)26(16-18-7-5-8-21(15-18)32-3)22(28)9-6-14-27(33(4,30)31)20-12-10-19(24)11-13-20/h5,7-8,10-13,15,17H,6,9,14,16H2,1-4H3,(H,25,29)/t17-/m0/s1. The molecule has 0 spiro atoms. The smallest absolute Gasteiger partial charge is 0.242 e. The van der Waals surface area contributed by atoms with Crippen molar-refractivity contribution in [3.8, 4) is 5.75 Å². The summed E-state index contributed by atoms with van der Waals surface area (Å²) in [5.41, 5.74) is 1.29. The first kappa shape index (κ1) is 26.5. The van der Waals surface area contributed by atoms with E-state index in [0.29, 0.717) is 16.5 Å². The number of likely N-dealkylation sites (N-methyl/N-ethyl adjacent to an activating group) is 1. The van der Waals surface area contributed by atoms with E-state index >= 15 is 0 Å². The molecular formula is C23H30ClN3O5S. The summed E-state index contributed by atoms with van der Waals surface area (Å²) < 4.78 is 31.1. The number of sulfonamides is 1. The molecule has 2 aromatic carbocycles. The Bertz CT molecular complexity index is 1060. The Balaban J connectivity index is 2.15. The molecule has 0 saturated carbocycles. The molecule has 0 aromatic heterocycles. The van der Waals surface area contributed by atoms with Gasteiger partial charge >= 0.3 is 0 Å². The molecule has 0 aliphatic heterocycles. The van der Waals surface area contributed by atoms with Gasteiger partial charge in [0, 0.05) is 31.6 Å². The fourth-order valence-corrected chi connectivity index (χ4v) is 4.46. The molecular weight excluding hydrogens is 466 g/mol. The van der Waals surface area contributed by atoms with Crippen molar-refractivity contribution < 1.29 is 22.7 Å². The number of carbonyl (C=O) groups is 2. The lowest BCUT2D eigenvalue weighted by Gasteiger charge is -2.29. The van der Waals surface area contributed by atoms with Crippen LogP contribution in [-0.4, -0.2) is 58.1 Å². The number of ether oxygens (including phenoxy) is 1. The van der Waals surface area contributed by atoms with Crippen molar-refractivity contribution in [1.29, 1.82) is 0 Å². The van der Waals surface area contributed by atoms with Crippen LogP contribution in [0.2, 0.25) is 5.02 Å². The van der Waals surface area contributed by atoms with Gasteiger partial charge in [-0.25, -0.2) is 8.42 Å². The van der Waals surface area contributed by atoms with Crippen LogP contribution < -0.4 is 14.4 Å². The second-order valence-corrected chi connectivity index (χ2v) is 9.92. The van der Waals surface area contributed by atoms with Crippen LogP contribution in [-0.2, 0) is 26.2 Å². The minimum Gasteiger partial charge on any atom is -0.497 e. The number of methoxy groups -OCH3 is 1. The predicted octanol–water partition coefficient (Wildman–Crippen LogP) is 3.06. The van der Waals surface area contributed by atoms with Crippen molar-refractivity contribution in [2.75, 3.05) is 31.3 Å². The molecule has 1 atom stereocenters. The number of hydrogen-bond donors (Lipinski definition) is 1. The second kappa shape index (κ2) is 11.9. The van der Waals surface area contributed by atoms with E-state index in [9.17, 15) is 18.0 Å². The average Bonchev–Trinajstić information content (AvgIpc) is 2.79. The van der Waals surface area contributed by atoms with Gasteiger partial charge in [-0.1, -0.05) is 23.7 Å². The lowest BCUT2D eigenvalue weighted by molar-refractivity contribution is -0.140. The molecule has 33 heavy (non-hydrogen) atoms. The third kappa shape index (κ3) is 7.64. The van der Waals surface area contributed by atoms with Gasteiger partial charge in [0.2, 0.25) is 21.8 Å². The first-order valence-electron chi connectivity index (χ1n) is 10.4. The summed E-state index contributed by atoms with van der Waals surface area (Å²) in [6, 6.07) is 13.0. The Morgan fingerprint density at radius 2 is 1.82 bits per heavy atom. The van der Waals surface area contributed by atoms with Gasteiger partial charge in [-0.2, -0.15) is 0 Å². The van der Waals surface area contributed by atoms with Crippen molar-refractivity contribution in [1.82, 2.24) is 10.2 Å². The Kier molecular flexibility index (Phi) is 9.55. The van der Waals surface area contributed by atoms with Crippen LogP contribution in [0, 0.1) is 0 Å². The molecule has 0 radical (unpaired) electrons. The molecule has 180 valence electrons. The van der Waals surface area contributed by atoms with Gasteiger partial charge in [0.25, 0.3) is 0 Å². The van der Waals surface area contributed by atoms with E-state index in [4.69, 9.17) is 16.3 Å². The Morgan fingerprint density at radius 1 is 1.15 bits per heavy atom. The van der Waals surface area contributed by atoms with Crippen molar-refractivity contribution in [2.24, 2.45) is 0 Å². The van der Waals surface area contributed by atoms with Crippen molar-refractivity contribution in [3.63, 3.8) is 0 Å². The van der Waals surface area contributed by atoms with E-state index in [1.165, 1.54) is 16.3 Å². The zero-order valence-electron chi connectivity index (χ0n) is 19.2. The minimum absolute atomic E-state index is 0.0743. The molecule has 2 amide bonds. The van der Waals surface area contributed by atoms with E-state index in [1.807, 2.05) is 18.2 Å².